The standard InChI is InChI=1S/C14H31N.C4H2O3.C4H8.C2H4O/c1-4-5-6-7-8-9-10-11-12-13-14-15(2)3;5-3-1-2-4(6)7-3;1-4(2)3;1-2-3-1/h4-14H2,1-3H3;1-2H;1H2,2-3H3;1-2H2. The Labute approximate surface area is 179 Å². The Morgan fingerprint density at radius 2 is 1.21 bits per heavy atom. The topological polar surface area (TPSA) is 59.1 Å². The molecule has 0 saturated carbocycles. The zero-order valence-corrected chi connectivity index (χ0v) is 19.6. The molecule has 0 aromatic heterocycles. The van der Waals surface area contributed by atoms with Crippen molar-refractivity contribution in [1.82, 2.24) is 4.90 Å². The van der Waals surface area contributed by atoms with Gasteiger partial charge >= 0.3 is 11.9 Å². The van der Waals surface area contributed by atoms with E-state index in [-0.39, 0.29) is 0 Å². The summed E-state index contributed by atoms with van der Waals surface area (Å²) >= 11 is 0. The predicted octanol–water partition coefficient (Wildman–Crippen LogP) is 5.69. The van der Waals surface area contributed by atoms with Crippen molar-refractivity contribution < 1.29 is 19.1 Å². The quantitative estimate of drug-likeness (QED) is 0.144. The third-order valence-corrected chi connectivity index (χ3v) is 3.72. The molecular weight excluding hydrogens is 366 g/mol. The van der Waals surface area contributed by atoms with E-state index < -0.39 is 11.9 Å². The molecule has 0 N–H and O–H groups in total. The minimum Gasteiger partial charge on any atom is -0.387 e. The summed E-state index contributed by atoms with van der Waals surface area (Å²) in [5.74, 6) is -1.16. The molecule has 29 heavy (non-hydrogen) atoms. The van der Waals surface area contributed by atoms with E-state index in [1.54, 1.807) is 0 Å². The number of epoxide rings is 1. The van der Waals surface area contributed by atoms with Gasteiger partial charge in [-0.05, 0) is 40.9 Å². The fraction of sp³-hybridized carbons (Fsp3) is 0.750. The first kappa shape index (κ1) is 29.7. The summed E-state index contributed by atoms with van der Waals surface area (Å²) in [7, 11) is 4.32. The van der Waals surface area contributed by atoms with Gasteiger partial charge in [-0.25, -0.2) is 9.59 Å². The van der Waals surface area contributed by atoms with Gasteiger partial charge in [0.05, 0.1) is 13.2 Å². The van der Waals surface area contributed by atoms with Crippen molar-refractivity contribution in [2.75, 3.05) is 33.9 Å². The maximum Gasteiger partial charge on any atom is 0.338 e. The molecule has 0 aromatic carbocycles. The maximum absolute atomic E-state index is 9.92. The highest BCUT2D eigenvalue weighted by atomic mass is 16.6. The van der Waals surface area contributed by atoms with Crippen molar-refractivity contribution in [2.24, 2.45) is 0 Å². The van der Waals surface area contributed by atoms with Crippen LogP contribution in [0.4, 0.5) is 0 Å². The van der Waals surface area contributed by atoms with Gasteiger partial charge in [0.15, 0.2) is 0 Å². The van der Waals surface area contributed by atoms with Crippen LogP contribution < -0.4 is 0 Å². The first-order valence-electron chi connectivity index (χ1n) is 11.1. The van der Waals surface area contributed by atoms with Gasteiger partial charge in [-0.15, -0.1) is 6.58 Å². The molecule has 0 radical (unpaired) electrons. The second-order valence-electron chi connectivity index (χ2n) is 7.88. The Bertz CT molecular complexity index is 419. The Hall–Kier alpha value is -1.46. The number of unbranched alkanes of at least 4 members (excludes halogenated alkanes) is 9. The van der Waals surface area contributed by atoms with Gasteiger partial charge in [0.1, 0.15) is 0 Å². The minimum atomic E-state index is -0.579. The van der Waals surface area contributed by atoms with Crippen molar-refractivity contribution in [3.8, 4) is 0 Å². The average molecular weight is 412 g/mol. The monoisotopic (exact) mass is 411 g/mol. The van der Waals surface area contributed by atoms with E-state index in [1.165, 1.54) is 76.3 Å². The van der Waals surface area contributed by atoms with Crippen LogP contribution in [0.5, 0.6) is 0 Å². The third kappa shape index (κ3) is 37.9. The molecule has 1 fully saturated rings. The molecule has 0 spiro atoms. The number of carbonyl (C=O) groups excluding carboxylic acids is 2. The Morgan fingerprint density at radius 1 is 0.862 bits per heavy atom. The van der Waals surface area contributed by atoms with Gasteiger partial charge in [0.25, 0.3) is 0 Å². The first-order chi connectivity index (χ1) is 13.8. The largest absolute Gasteiger partial charge is 0.387 e. The van der Waals surface area contributed by atoms with E-state index in [1.807, 2.05) is 13.8 Å². The molecule has 5 heteroatoms. The maximum atomic E-state index is 9.92. The zero-order chi connectivity index (χ0) is 22.3. The second-order valence-corrected chi connectivity index (χ2v) is 7.88. The highest BCUT2D eigenvalue weighted by Gasteiger charge is 2.10. The molecule has 2 heterocycles. The van der Waals surface area contributed by atoms with Crippen LogP contribution in [0.15, 0.2) is 24.3 Å². The second kappa shape index (κ2) is 22.8. The smallest absolute Gasteiger partial charge is 0.338 e. The average Bonchev–Trinajstić information content (AvgIpc) is 3.47. The van der Waals surface area contributed by atoms with Crippen molar-refractivity contribution in [3.63, 3.8) is 0 Å². The fourth-order valence-electron chi connectivity index (χ4n) is 2.22. The lowest BCUT2D eigenvalue weighted by Crippen LogP contribution is -2.12. The van der Waals surface area contributed by atoms with Gasteiger partial charge in [-0.2, -0.15) is 0 Å². The van der Waals surface area contributed by atoms with Crippen molar-refractivity contribution in [1.29, 1.82) is 0 Å². The predicted molar refractivity (Wildman–Crippen MR) is 122 cm³/mol. The molecule has 0 amide bonds. The Kier molecular flexibility index (Phi) is 23.4. The van der Waals surface area contributed by atoms with Gasteiger partial charge < -0.3 is 14.4 Å². The van der Waals surface area contributed by atoms with Crippen molar-refractivity contribution in [3.05, 3.63) is 24.3 Å². The summed E-state index contributed by atoms with van der Waals surface area (Å²) in [6, 6.07) is 0. The number of hydrogen-bond donors (Lipinski definition) is 0. The van der Waals surface area contributed by atoms with E-state index >= 15 is 0 Å². The summed E-state index contributed by atoms with van der Waals surface area (Å²) in [6.07, 6.45) is 16.5. The molecule has 2 aliphatic heterocycles. The van der Waals surface area contributed by atoms with Gasteiger partial charge in [-0.3, -0.25) is 0 Å². The number of carbonyl (C=O) groups is 2. The number of nitrogens with zero attached hydrogens (tertiary/aromatic N) is 1. The summed E-state index contributed by atoms with van der Waals surface area (Å²) in [5.41, 5.74) is 1.17. The molecule has 2 rings (SSSR count). The summed E-state index contributed by atoms with van der Waals surface area (Å²) in [5, 5.41) is 0. The lowest BCUT2D eigenvalue weighted by molar-refractivity contribution is -0.150. The first-order valence-corrected chi connectivity index (χ1v) is 11.1. The van der Waals surface area contributed by atoms with Crippen LogP contribution in [0.2, 0.25) is 0 Å². The van der Waals surface area contributed by atoms with Gasteiger partial charge in [0, 0.05) is 12.2 Å². The van der Waals surface area contributed by atoms with Crippen LogP contribution in [0.25, 0.3) is 0 Å². The normalized spacial score (nSPS) is 13.4. The molecule has 0 unspecified atom stereocenters. The highest BCUT2D eigenvalue weighted by molar-refractivity contribution is 6.04. The lowest BCUT2D eigenvalue weighted by Gasteiger charge is -2.08. The SMILES string of the molecule is C1CO1.C=C(C)C.CCCCCCCCCCCCN(C)C.O=C1C=CC(=O)O1. The molecule has 2 aliphatic rings. The number of allylic oxidation sites excluding steroid dienone is 1. The third-order valence-electron chi connectivity index (χ3n) is 3.72. The van der Waals surface area contributed by atoms with E-state index in [2.05, 4.69) is 42.0 Å². The Morgan fingerprint density at radius 3 is 1.45 bits per heavy atom. The van der Waals surface area contributed by atoms with E-state index in [0.717, 1.165) is 25.4 Å². The van der Waals surface area contributed by atoms with Crippen LogP contribution in [-0.4, -0.2) is 50.7 Å². The molecule has 0 aliphatic carbocycles. The van der Waals surface area contributed by atoms with Crippen LogP contribution >= 0.6 is 0 Å². The van der Waals surface area contributed by atoms with Crippen LogP contribution in [0.3, 0.4) is 0 Å². The molecule has 0 bridgehead atoms. The van der Waals surface area contributed by atoms with Crippen LogP contribution in [-0.2, 0) is 19.1 Å². The number of cyclic esters (lactones) is 2. The van der Waals surface area contributed by atoms with Crippen molar-refractivity contribution in [2.45, 2.75) is 85.0 Å². The molecular formula is C24H45NO4. The summed E-state index contributed by atoms with van der Waals surface area (Å²) in [6.45, 7) is 13.0. The molecule has 5 nitrogen and oxygen atoms in total. The summed E-state index contributed by atoms with van der Waals surface area (Å²) in [4.78, 5) is 22.1. The fourth-order valence-corrected chi connectivity index (χ4v) is 2.22. The molecule has 170 valence electrons. The molecule has 0 atom stereocenters. The van der Waals surface area contributed by atoms with E-state index in [4.69, 9.17) is 0 Å². The van der Waals surface area contributed by atoms with Gasteiger partial charge in [0.2, 0.25) is 0 Å². The van der Waals surface area contributed by atoms with Crippen LogP contribution in [0, 0.1) is 0 Å². The number of esters is 2. The van der Waals surface area contributed by atoms with Crippen LogP contribution in [0.1, 0.15) is 85.0 Å². The zero-order valence-electron chi connectivity index (χ0n) is 19.6. The Balaban J connectivity index is 0. The van der Waals surface area contributed by atoms with Gasteiger partial charge in [-0.1, -0.05) is 70.3 Å². The van der Waals surface area contributed by atoms with Crippen molar-refractivity contribution >= 4 is 11.9 Å². The number of ether oxygens (including phenoxy) is 2. The number of rotatable bonds is 11. The summed E-state index contributed by atoms with van der Waals surface area (Å²) < 4.78 is 8.47. The van der Waals surface area contributed by atoms with E-state index in [9.17, 15) is 9.59 Å². The molecule has 1 saturated heterocycles. The minimum absolute atomic E-state index is 0.579. The number of hydrogen-bond acceptors (Lipinski definition) is 5. The highest BCUT2D eigenvalue weighted by Crippen LogP contribution is 2.10. The van der Waals surface area contributed by atoms with E-state index in [0.29, 0.717) is 0 Å². The molecule has 0 aromatic rings. The lowest BCUT2D eigenvalue weighted by atomic mass is 10.1.